The van der Waals surface area contributed by atoms with Crippen molar-refractivity contribution in [2.75, 3.05) is 20.3 Å². The van der Waals surface area contributed by atoms with Crippen LogP contribution in [0.3, 0.4) is 0 Å². The third-order valence-electron chi connectivity index (χ3n) is 4.47. The van der Waals surface area contributed by atoms with Gasteiger partial charge < -0.3 is 9.64 Å². The molecule has 0 aliphatic carbocycles. The van der Waals surface area contributed by atoms with Crippen molar-refractivity contribution in [1.82, 2.24) is 20.7 Å². The van der Waals surface area contributed by atoms with E-state index in [1.165, 1.54) is 12.1 Å². The minimum Gasteiger partial charge on any atom is -0.383 e. The van der Waals surface area contributed by atoms with Gasteiger partial charge in [-0.3, -0.25) is 9.78 Å². The van der Waals surface area contributed by atoms with Crippen LogP contribution in [0.2, 0.25) is 0 Å². The van der Waals surface area contributed by atoms with Crippen LogP contribution >= 0.6 is 0 Å². The number of methoxy groups -OCH3 is 1. The van der Waals surface area contributed by atoms with Crippen LogP contribution in [0.15, 0.2) is 48.8 Å². The highest BCUT2D eigenvalue weighted by molar-refractivity contribution is 5.82. The van der Waals surface area contributed by atoms with Gasteiger partial charge in [-0.2, -0.15) is 0 Å². The Labute approximate surface area is 152 Å². The Morgan fingerprint density at radius 3 is 2.65 bits per heavy atom. The fourth-order valence-electron chi connectivity index (χ4n) is 3.03. The maximum atomic E-state index is 13.1. The molecular formula is C19H23FN4O2. The van der Waals surface area contributed by atoms with Gasteiger partial charge in [0.25, 0.3) is 0 Å². The van der Waals surface area contributed by atoms with Gasteiger partial charge in [0.05, 0.1) is 6.61 Å². The monoisotopic (exact) mass is 358 g/mol. The molecule has 0 radical (unpaired) electrons. The van der Waals surface area contributed by atoms with Crippen LogP contribution in [-0.4, -0.2) is 42.1 Å². The fraction of sp³-hybridized carbons (Fsp3) is 0.368. The van der Waals surface area contributed by atoms with E-state index in [4.69, 9.17) is 4.74 Å². The smallest absolute Gasteiger partial charge is 0.241 e. The number of ether oxygens (including phenoxy) is 1. The highest BCUT2D eigenvalue weighted by Crippen LogP contribution is 2.23. The van der Waals surface area contributed by atoms with Crippen molar-refractivity contribution in [2.45, 2.75) is 25.0 Å². The van der Waals surface area contributed by atoms with E-state index in [1.54, 1.807) is 36.5 Å². The second-order valence-electron chi connectivity index (χ2n) is 6.29. The number of pyridine rings is 1. The Morgan fingerprint density at radius 1 is 1.23 bits per heavy atom. The number of nitrogens with zero attached hydrogens (tertiary/aromatic N) is 2. The van der Waals surface area contributed by atoms with E-state index in [0.29, 0.717) is 26.1 Å². The zero-order valence-corrected chi connectivity index (χ0v) is 14.7. The molecule has 2 N–H and O–H groups in total. The molecule has 0 bridgehead atoms. The van der Waals surface area contributed by atoms with Gasteiger partial charge in [0.2, 0.25) is 5.91 Å². The third kappa shape index (κ3) is 4.63. The number of hydrazine groups is 1. The van der Waals surface area contributed by atoms with Crippen molar-refractivity contribution in [3.05, 3.63) is 65.7 Å². The number of hydrogen-bond acceptors (Lipinski definition) is 5. The molecular weight excluding hydrogens is 335 g/mol. The van der Waals surface area contributed by atoms with Crippen LogP contribution in [0.4, 0.5) is 4.39 Å². The highest BCUT2D eigenvalue weighted by Gasteiger charge is 2.32. The van der Waals surface area contributed by atoms with Gasteiger partial charge in [-0.05, 0) is 41.8 Å². The van der Waals surface area contributed by atoms with E-state index in [-0.39, 0.29) is 23.8 Å². The van der Waals surface area contributed by atoms with E-state index in [2.05, 4.69) is 15.8 Å². The normalized spacial score (nSPS) is 19.5. The molecule has 0 saturated carbocycles. The zero-order valence-electron chi connectivity index (χ0n) is 14.7. The summed E-state index contributed by atoms with van der Waals surface area (Å²) in [6.07, 6.45) is 4.03. The lowest BCUT2D eigenvalue weighted by atomic mass is 10.0. The third-order valence-corrected chi connectivity index (χ3v) is 4.47. The van der Waals surface area contributed by atoms with E-state index < -0.39 is 0 Å². The van der Waals surface area contributed by atoms with Gasteiger partial charge in [0.15, 0.2) is 0 Å². The molecule has 2 aromatic rings. The Balaban J connectivity index is 1.65. The summed E-state index contributed by atoms with van der Waals surface area (Å²) in [7, 11) is 1.62. The average Bonchev–Trinajstić information content (AvgIpc) is 3.16. The molecule has 2 heterocycles. The van der Waals surface area contributed by atoms with Crippen LogP contribution in [0.1, 0.15) is 23.6 Å². The van der Waals surface area contributed by atoms with Crippen molar-refractivity contribution < 1.29 is 13.9 Å². The molecule has 1 saturated heterocycles. The Bertz CT molecular complexity index is 711. The van der Waals surface area contributed by atoms with E-state index >= 15 is 0 Å². The zero-order chi connectivity index (χ0) is 18.4. The van der Waals surface area contributed by atoms with Crippen LogP contribution in [-0.2, 0) is 16.1 Å². The van der Waals surface area contributed by atoms with Crippen molar-refractivity contribution >= 4 is 5.91 Å². The van der Waals surface area contributed by atoms with Gasteiger partial charge in [-0.1, -0.05) is 12.1 Å². The van der Waals surface area contributed by atoms with Gasteiger partial charge in [-0.15, -0.1) is 0 Å². The Hall–Kier alpha value is -2.35. The first kappa shape index (κ1) is 18.4. The molecule has 1 amide bonds. The topological polar surface area (TPSA) is 66.5 Å². The molecule has 1 aliphatic rings. The molecule has 1 aromatic carbocycles. The molecule has 1 aromatic heterocycles. The Morgan fingerprint density at radius 2 is 1.96 bits per heavy atom. The van der Waals surface area contributed by atoms with Crippen molar-refractivity contribution in [3.63, 3.8) is 0 Å². The minimum absolute atomic E-state index is 0.0102. The predicted molar refractivity (Wildman–Crippen MR) is 95.3 cm³/mol. The van der Waals surface area contributed by atoms with Crippen molar-refractivity contribution in [2.24, 2.45) is 0 Å². The summed E-state index contributed by atoms with van der Waals surface area (Å²) in [5.41, 5.74) is 8.18. The number of carbonyl (C=O) groups is 1. The minimum atomic E-state index is -0.344. The first-order chi connectivity index (χ1) is 12.7. The second kappa shape index (κ2) is 8.84. The molecule has 7 heteroatoms. The van der Waals surface area contributed by atoms with E-state index in [9.17, 15) is 9.18 Å². The Kier molecular flexibility index (Phi) is 6.27. The maximum absolute atomic E-state index is 13.1. The van der Waals surface area contributed by atoms with Crippen molar-refractivity contribution in [3.8, 4) is 0 Å². The highest BCUT2D eigenvalue weighted by atomic mass is 19.1. The molecule has 3 rings (SSSR count). The summed E-state index contributed by atoms with van der Waals surface area (Å²) in [4.78, 5) is 18.8. The number of carbonyl (C=O) groups excluding carboxylic acids is 1. The van der Waals surface area contributed by atoms with Crippen molar-refractivity contribution in [1.29, 1.82) is 0 Å². The SMILES string of the molecule is COCCN(Cc1ccncc1)C(=O)C1CC(c2ccc(F)cc2)NN1. The summed E-state index contributed by atoms with van der Waals surface area (Å²) in [5, 5.41) is 0. The fourth-order valence-corrected chi connectivity index (χ4v) is 3.03. The van der Waals surface area contributed by atoms with Gasteiger partial charge >= 0.3 is 0 Å². The van der Waals surface area contributed by atoms with E-state index in [0.717, 1.165) is 11.1 Å². The number of rotatable bonds is 7. The number of aromatic nitrogens is 1. The molecule has 6 nitrogen and oxygen atoms in total. The van der Waals surface area contributed by atoms with Gasteiger partial charge in [0.1, 0.15) is 11.9 Å². The number of benzene rings is 1. The average molecular weight is 358 g/mol. The number of nitrogens with one attached hydrogen (secondary N) is 2. The van der Waals surface area contributed by atoms with Gasteiger partial charge in [-0.25, -0.2) is 15.2 Å². The molecule has 26 heavy (non-hydrogen) atoms. The van der Waals surface area contributed by atoms with Crippen LogP contribution < -0.4 is 10.9 Å². The first-order valence-electron chi connectivity index (χ1n) is 8.60. The molecule has 2 unspecified atom stereocenters. The maximum Gasteiger partial charge on any atom is 0.241 e. The van der Waals surface area contributed by atoms with Crippen LogP contribution in [0.5, 0.6) is 0 Å². The lowest BCUT2D eigenvalue weighted by molar-refractivity contribution is -0.134. The predicted octanol–water partition coefficient (Wildman–Crippen LogP) is 1.80. The summed E-state index contributed by atoms with van der Waals surface area (Å²) in [6.45, 7) is 1.49. The standard InChI is InChI=1S/C19H23FN4O2/c1-26-11-10-24(13-14-6-8-21-9-7-14)19(25)18-12-17(22-23-18)15-2-4-16(20)5-3-15/h2-9,17-18,22-23H,10-13H2,1H3. The molecule has 1 aliphatic heterocycles. The van der Waals surface area contributed by atoms with E-state index in [1.807, 2.05) is 12.1 Å². The number of amides is 1. The summed E-state index contributed by atoms with van der Waals surface area (Å²) in [5.74, 6) is -0.258. The number of hydrogen-bond donors (Lipinski definition) is 2. The first-order valence-corrected chi connectivity index (χ1v) is 8.60. The molecule has 138 valence electrons. The quantitative estimate of drug-likeness (QED) is 0.790. The summed E-state index contributed by atoms with van der Waals surface area (Å²) >= 11 is 0. The lowest BCUT2D eigenvalue weighted by Crippen LogP contribution is -2.46. The molecule has 0 spiro atoms. The molecule has 2 atom stereocenters. The lowest BCUT2D eigenvalue weighted by Gasteiger charge is -2.25. The van der Waals surface area contributed by atoms with Crippen LogP contribution in [0.25, 0.3) is 0 Å². The summed E-state index contributed by atoms with van der Waals surface area (Å²) in [6, 6.07) is 9.76. The molecule has 1 fully saturated rings. The van der Waals surface area contributed by atoms with Gasteiger partial charge in [0, 0.05) is 38.6 Å². The summed E-state index contributed by atoms with van der Waals surface area (Å²) < 4.78 is 18.2. The second-order valence-corrected chi connectivity index (χ2v) is 6.29. The number of halogens is 1. The van der Waals surface area contributed by atoms with Crippen LogP contribution in [0, 0.1) is 5.82 Å². The largest absolute Gasteiger partial charge is 0.383 e.